The number of para-hydroxylation sites is 1. The second kappa shape index (κ2) is 9.29. The minimum Gasteiger partial charge on any atom is -0.372 e. The SMILES string of the molecule is C[C@@H]1CN(c2ccc(-c3cnc4c(-c5ccc(C#N)cc5)cccc4c3N3CCC3)cc2)C[C@H](C)O1. The molecular weight excluding hydrogens is 444 g/mol. The van der Waals surface area contributed by atoms with Crippen molar-refractivity contribution in [1.29, 1.82) is 5.26 Å². The van der Waals surface area contributed by atoms with E-state index >= 15 is 0 Å². The Balaban J connectivity index is 1.41. The van der Waals surface area contributed by atoms with E-state index in [1.165, 1.54) is 34.3 Å². The number of ether oxygens (including phenoxy) is 1. The van der Waals surface area contributed by atoms with Crippen molar-refractivity contribution in [3.05, 3.63) is 78.5 Å². The Labute approximate surface area is 212 Å². The van der Waals surface area contributed by atoms with E-state index in [-0.39, 0.29) is 12.2 Å². The van der Waals surface area contributed by atoms with Gasteiger partial charge in [-0.05, 0) is 55.7 Å². The third-order valence-electron chi connectivity index (χ3n) is 7.33. The maximum absolute atomic E-state index is 9.18. The molecule has 4 aromatic rings. The van der Waals surface area contributed by atoms with Crippen LogP contribution in [0.4, 0.5) is 11.4 Å². The van der Waals surface area contributed by atoms with Gasteiger partial charge in [-0.25, -0.2) is 0 Å². The molecule has 2 aliphatic heterocycles. The van der Waals surface area contributed by atoms with Crippen LogP contribution in [0.1, 0.15) is 25.8 Å². The van der Waals surface area contributed by atoms with Crippen molar-refractivity contribution in [2.75, 3.05) is 36.0 Å². The number of nitriles is 1. The van der Waals surface area contributed by atoms with Gasteiger partial charge in [0.1, 0.15) is 0 Å². The Kier molecular flexibility index (Phi) is 5.83. The summed E-state index contributed by atoms with van der Waals surface area (Å²) in [6.45, 7) is 8.24. The van der Waals surface area contributed by atoms with Crippen molar-refractivity contribution in [3.63, 3.8) is 0 Å². The van der Waals surface area contributed by atoms with Crippen LogP contribution >= 0.6 is 0 Å². The van der Waals surface area contributed by atoms with Gasteiger partial charge in [-0.3, -0.25) is 4.98 Å². The first-order valence-corrected chi connectivity index (χ1v) is 12.8. The highest BCUT2D eigenvalue weighted by Crippen LogP contribution is 2.41. The molecule has 36 heavy (non-hydrogen) atoms. The van der Waals surface area contributed by atoms with Gasteiger partial charge in [-0.2, -0.15) is 5.26 Å². The van der Waals surface area contributed by atoms with Crippen LogP contribution in [0, 0.1) is 11.3 Å². The quantitative estimate of drug-likeness (QED) is 0.349. The largest absolute Gasteiger partial charge is 0.372 e. The van der Waals surface area contributed by atoms with Gasteiger partial charge in [0, 0.05) is 54.6 Å². The average molecular weight is 475 g/mol. The monoisotopic (exact) mass is 474 g/mol. The van der Waals surface area contributed by atoms with Crippen molar-refractivity contribution in [1.82, 2.24) is 4.98 Å². The lowest BCUT2D eigenvalue weighted by Crippen LogP contribution is -2.45. The fourth-order valence-corrected chi connectivity index (χ4v) is 5.50. The highest BCUT2D eigenvalue weighted by molar-refractivity contribution is 6.05. The number of anilines is 2. The van der Waals surface area contributed by atoms with Crippen LogP contribution in [0.2, 0.25) is 0 Å². The van der Waals surface area contributed by atoms with Crippen LogP contribution in [-0.2, 0) is 4.74 Å². The second-order valence-corrected chi connectivity index (χ2v) is 9.96. The smallest absolute Gasteiger partial charge is 0.0991 e. The van der Waals surface area contributed by atoms with E-state index in [1.807, 2.05) is 30.5 Å². The number of aromatic nitrogens is 1. The molecule has 2 fully saturated rings. The molecule has 5 nitrogen and oxygen atoms in total. The molecule has 0 spiro atoms. The molecular formula is C31H30N4O. The summed E-state index contributed by atoms with van der Waals surface area (Å²) in [5, 5.41) is 10.4. The van der Waals surface area contributed by atoms with Crippen LogP contribution in [0.3, 0.4) is 0 Å². The van der Waals surface area contributed by atoms with Gasteiger partial charge in [-0.1, -0.05) is 42.5 Å². The number of benzene rings is 3. The van der Waals surface area contributed by atoms with E-state index in [4.69, 9.17) is 9.72 Å². The summed E-state index contributed by atoms with van der Waals surface area (Å²) in [7, 11) is 0. The summed E-state index contributed by atoms with van der Waals surface area (Å²) in [6, 6.07) is 25.3. The molecule has 1 aromatic heterocycles. The van der Waals surface area contributed by atoms with E-state index in [0.29, 0.717) is 5.56 Å². The minimum atomic E-state index is 0.237. The zero-order valence-corrected chi connectivity index (χ0v) is 20.8. The zero-order chi connectivity index (χ0) is 24.6. The van der Waals surface area contributed by atoms with Crippen molar-refractivity contribution >= 4 is 22.3 Å². The molecule has 3 heterocycles. The lowest BCUT2D eigenvalue weighted by molar-refractivity contribution is -0.00521. The molecule has 0 N–H and O–H groups in total. The summed E-state index contributed by atoms with van der Waals surface area (Å²) in [5.41, 5.74) is 8.71. The van der Waals surface area contributed by atoms with Gasteiger partial charge in [-0.15, -0.1) is 0 Å². The Hall–Kier alpha value is -3.88. The van der Waals surface area contributed by atoms with Gasteiger partial charge >= 0.3 is 0 Å². The number of hydrogen-bond donors (Lipinski definition) is 0. The number of morpholine rings is 1. The highest BCUT2D eigenvalue weighted by Gasteiger charge is 2.24. The Morgan fingerprint density at radius 2 is 1.50 bits per heavy atom. The highest BCUT2D eigenvalue weighted by atomic mass is 16.5. The standard InChI is InChI=1S/C31H30N4O/c1-21-19-35(20-22(2)36-21)26-13-11-25(12-14-26)29-18-33-30-27(24-9-7-23(17-32)8-10-24)5-3-6-28(30)31(29)34-15-4-16-34/h3,5-14,18,21-22H,4,15-16,19-20H2,1-2H3/t21-,22+. The Morgan fingerprint density at radius 1 is 0.833 bits per heavy atom. The molecule has 180 valence electrons. The van der Waals surface area contributed by atoms with Gasteiger partial charge in [0.05, 0.1) is 35.0 Å². The first-order valence-electron chi connectivity index (χ1n) is 12.8. The maximum Gasteiger partial charge on any atom is 0.0991 e. The second-order valence-electron chi connectivity index (χ2n) is 9.96. The normalized spacial score (nSPS) is 19.7. The molecule has 0 unspecified atom stereocenters. The number of nitrogens with zero attached hydrogens (tertiary/aromatic N) is 4. The minimum absolute atomic E-state index is 0.237. The first-order chi connectivity index (χ1) is 17.6. The van der Waals surface area contributed by atoms with Gasteiger partial charge < -0.3 is 14.5 Å². The lowest BCUT2D eigenvalue weighted by Gasteiger charge is -2.37. The van der Waals surface area contributed by atoms with E-state index < -0.39 is 0 Å². The number of pyridine rings is 1. The molecule has 2 aliphatic rings. The summed E-state index contributed by atoms with van der Waals surface area (Å²) >= 11 is 0. The Morgan fingerprint density at radius 3 is 2.14 bits per heavy atom. The lowest BCUT2D eigenvalue weighted by atomic mass is 9.95. The van der Waals surface area contributed by atoms with Gasteiger partial charge in [0.2, 0.25) is 0 Å². The van der Waals surface area contributed by atoms with Gasteiger partial charge in [0.15, 0.2) is 0 Å². The van der Waals surface area contributed by atoms with E-state index in [0.717, 1.165) is 42.8 Å². The van der Waals surface area contributed by atoms with E-state index in [2.05, 4.69) is 72.2 Å². The summed E-state index contributed by atoms with van der Waals surface area (Å²) in [4.78, 5) is 9.88. The van der Waals surface area contributed by atoms with Crippen LogP contribution < -0.4 is 9.80 Å². The first kappa shape index (κ1) is 22.6. The third-order valence-corrected chi connectivity index (χ3v) is 7.33. The summed E-state index contributed by atoms with van der Waals surface area (Å²) in [6.07, 6.45) is 3.73. The van der Waals surface area contributed by atoms with Crippen LogP contribution in [0.25, 0.3) is 33.2 Å². The van der Waals surface area contributed by atoms with Crippen molar-refractivity contribution in [2.45, 2.75) is 32.5 Å². The van der Waals surface area contributed by atoms with E-state index in [1.54, 1.807) is 0 Å². The van der Waals surface area contributed by atoms with Crippen LogP contribution in [0.5, 0.6) is 0 Å². The molecule has 0 radical (unpaired) electrons. The molecule has 0 amide bonds. The fraction of sp³-hybridized carbons (Fsp3) is 0.290. The van der Waals surface area contributed by atoms with E-state index in [9.17, 15) is 5.26 Å². The molecule has 5 heteroatoms. The Bertz CT molecular complexity index is 1420. The maximum atomic E-state index is 9.18. The molecule has 0 aliphatic carbocycles. The predicted octanol–water partition coefficient (Wildman–Crippen LogP) is 6.26. The van der Waals surface area contributed by atoms with Crippen LogP contribution in [-0.4, -0.2) is 43.4 Å². The molecule has 0 bridgehead atoms. The molecule has 0 saturated carbocycles. The average Bonchev–Trinajstić information content (AvgIpc) is 2.87. The predicted molar refractivity (Wildman–Crippen MR) is 146 cm³/mol. The summed E-state index contributed by atoms with van der Waals surface area (Å²) < 4.78 is 5.92. The molecule has 2 saturated heterocycles. The number of hydrogen-bond acceptors (Lipinski definition) is 5. The molecule has 3 aromatic carbocycles. The third kappa shape index (κ3) is 4.08. The van der Waals surface area contributed by atoms with Crippen molar-refractivity contribution in [3.8, 4) is 28.3 Å². The summed E-state index contributed by atoms with van der Waals surface area (Å²) in [5.74, 6) is 0. The van der Waals surface area contributed by atoms with Crippen molar-refractivity contribution in [2.24, 2.45) is 0 Å². The van der Waals surface area contributed by atoms with Gasteiger partial charge in [0.25, 0.3) is 0 Å². The topological polar surface area (TPSA) is 52.4 Å². The zero-order valence-electron chi connectivity index (χ0n) is 20.8. The number of rotatable bonds is 4. The van der Waals surface area contributed by atoms with Crippen molar-refractivity contribution < 1.29 is 4.74 Å². The fourth-order valence-electron chi connectivity index (χ4n) is 5.50. The number of fused-ring (bicyclic) bond motifs is 1. The molecule has 6 rings (SSSR count). The molecule has 2 atom stereocenters. The van der Waals surface area contributed by atoms with Crippen LogP contribution in [0.15, 0.2) is 72.9 Å².